The number of amides is 1. The van der Waals surface area contributed by atoms with Crippen LogP contribution in [0.5, 0.6) is 0 Å². The van der Waals surface area contributed by atoms with Gasteiger partial charge in [0, 0.05) is 16.4 Å². The van der Waals surface area contributed by atoms with Gasteiger partial charge in [0.1, 0.15) is 0 Å². The second-order valence-electron chi connectivity index (χ2n) is 3.45. The fraction of sp³-hybridized carbons (Fsp3) is 0. The number of carbonyl (C=O) groups excluding carboxylic acids is 1. The van der Waals surface area contributed by atoms with E-state index in [1.807, 2.05) is 0 Å². The molecule has 1 aromatic carbocycles. The van der Waals surface area contributed by atoms with Crippen LogP contribution in [0.15, 0.2) is 41.0 Å². The van der Waals surface area contributed by atoms with Gasteiger partial charge in [0.2, 0.25) is 5.95 Å². The van der Waals surface area contributed by atoms with Gasteiger partial charge >= 0.3 is 0 Å². The van der Waals surface area contributed by atoms with Crippen LogP contribution in [0.1, 0.15) is 10.4 Å². The number of halogens is 3. The van der Waals surface area contributed by atoms with Crippen LogP contribution in [0.3, 0.4) is 0 Å². The quantitative estimate of drug-likeness (QED) is 0.849. The fourth-order valence-corrected chi connectivity index (χ4v) is 1.71. The first-order valence-corrected chi connectivity index (χ1v) is 6.11. The summed E-state index contributed by atoms with van der Waals surface area (Å²) in [6.07, 6.45) is 1.17. The number of rotatable bonds is 2. The summed E-state index contributed by atoms with van der Waals surface area (Å²) in [4.78, 5) is 15.2. The molecule has 1 aromatic heterocycles. The van der Waals surface area contributed by atoms with Gasteiger partial charge < -0.3 is 5.32 Å². The van der Waals surface area contributed by atoms with Gasteiger partial charge in [-0.3, -0.25) is 4.79 Å². The molecule has 0 aliphatic rings. The van der Waals surface area contributed by atoms with Crippen molar-refractivity contribution < 1.29 is 9.18 Å². The highest BCUT2D eigenvalue weighted by Crippen LogP contribution is 2.25. The predicted octanol–water partition coefficient (Wildman–Crippen LogP) is 3.89. The Hall–Kier alpha value is -1.46. The Morgan fingerprint density at radius 3 is 2.72 bits per heavy atom. The molecule has 2 rings (SSSR count). The summed E-state index contributed by atoms with van der Waals surface area (Å²) < 4.78 is 13.4. The third-order valence-electron chi connectivity index (χ3n) is 2.17. The van der Waals surface area contributed by atoms with Crippen molar-refractivity contribution in [3.05, 3.63) is 57.5 Å². The van der Waals surface area contributed by atoms with E-state index in [-0.39, 0.29) is 11.5 Å². The van der Waals surface area contributed by atoms with Crippen molar-refractivity contribution in [2.24, 2.45) is 0 Å². The van der Waals surface area contributed by atoms with Crippen LogP contribution >= 0.6 is 27.5 Å². The van der Waals surface area contributed by atoms with Gasteiger partial charge in [-0.2, -0.15) is 4.39 Å². The van der Waals surface area contributed by atoms with Crippen LogP contribution < -0.4 is 5.32 Å². The summed E-state index contributed by atoms with van der Waals surface area (Å²) in [5.41, 5.74) is 0.827. The Morgan fingerprint density at radius 1 is 1.33 bits per heavy atom. The highest BCUT2D eigenvalue weighted by Gasteiger charge is 2.07. The molecule has 0 atom stereocenters. The van der Waals surface area contributed by atoms with Crippen molar-refractivity contribution in [2.75, 3.05) is 5.32 Å². The summed E-state index contributed by atoms with van der Waals surface area (Å²) in [5.74, 6) is -1.00. The molecule has 0 aliphatic heterocycles. The summed E-state index contributed by atoms with van der Waals surface area (Å²) in [6, 6.07) is 7.52. The second-order valence-corrected chi connectivity index (χ2v) is 4.71. The Kier molecular flexibility index (Phi) is 3.93. The number of anilines is 1. The van der Waals surface area contributed by atoms with Gasteiger partial charge in [-0.05, 0) is 46.3 Å². The zero-order valence-electron chi connectivity index (χ0n) is 8.95. The molecule has 0 saturated heterocycles. The minimum Gasteiger partial charge on any atom is -0.322 e. The van der Waals surface area contributed by atoms with Crippen molar-refractivity contribution in [3.8, 4) is 0 Å². The Balaban J connectivity index is 2.16. The molecule has 0 fully saturated rings. The maximum Gasteiger partial charge on any atom is 0.257 e. The third-order valence-corrected chi connectivity index (χ3v) is 3.40. The molecule has 0 saturated carbocycles. The lowest BCUT2D eigenvalue weighted by Crippen LogP contribution is -2.12. The maximum atomic E-state index is 12.6. The van der Waals surface area contributed by atoms with E-state index in [1.54, 1.807) is 18.2 Å². The number of aromatic nitrogens is 1. The Bertz CT molecular complexity index is 589. The summed E-state index contributed by atoms with van der Waals surface area (Å²) in [6.45, 7) is 0. The third kappa shape index (κ3) is 3.05. The molecule has 18 heavy (non-hydrogen) atoms. The van der Waals surface area contributed by atoms with E-state index >= 15 is 0 Å². The Labute approximate surface area is 116 Å². The first-order valence-electron chi connectivity index (χ1n) is 4.94. The molecule has 1 amide bonds. The zero-order chi connectivity index (χ0) is 13.1. The van der Waals surface area contributed by atoms with Crippen LogP contribution in [0.4, 0.5) is 10.1 Å². The van der Waals surface area contributed by atoms with E-state index in [0.29, 0.717) is 10.7 Å². The first-order chi connectivity index (χ1) is 8.56. The van der Waals surface area contributed by atoms with Gasteiger partial charge in [0.05, 0.1) is 10.6 Å². The molecule has 1 heterocycles. The minimum absolute atomic E-state index is 0.274. The largest absolute Gasteiger partial charge is 0.322 e. The van der Waals surface area contributed by atoms with Crippen LogP contribution in [0.2, 0.25) is 5.02 Å². The molecular weight excluding hydrogens is 322 g/mol. The molecule has 0 bridgehead atoms. The number of pyridine rings is 1. The first kappa shape index (κ1) is 13.0. The van der Waals surface area contributed by atoms with Crippen molar-refractivity contribution >= 4 is 39.1 Å². The van der Waals surface area contributed by atoms with E-state index in [4.69, 9.17) is 11.6 Å². The Morgan fingerprint density at radius 2 is 2.11 bits per heavy atom. The SMILES string of the molecule is O=C(Nc1ccc(Br)c(Cl)c1)c1ccc(F)nc1. The van der Waals surface area contributed by atoms with E-state index < -0.39 is 5.95 Å². The number of nitrogens with one attached hydrogen (secondary N) is 1. The van der Waals surface area contributed by atoms with Gasteiger partial charge in [-0.25, -0.2) is 4.98 Å². The molecule has 0 spiro atoms. The number of hydrogen-bond donors (Lipinski definition) is 1. The molecule has 0 aliphatic carbocycles. The lowest BCUT2D eigenvalue weighted by atomic mass is 10.2. The minimum atomic E-state index is -0.627. The zero-order valence-corrected chi connectivity index (χ0v) is 11.3. The molecule has 0 radical (unpaired) electrons. The topological polar surface area (TPSA) is 42.0 Å². The van der Waals surface area contributed by atoms with E-state index in [2.05, 4.69) is 26.2 Å². The smallest absolute Gasteiger partial charge is 0.257 e. The molecule has 1 N–H and O–H groups in total. The summed E-state index contributed by atoms with van der Waals surface area (Å²) in [7, 11) is 0. The monoisotopic (exact) mass is 328 g/mol. The van der Waals surface area contributed by atoms with Gasteiger partial charge in [0.25, 0.3) is 5.91 Å². The van der Waals surface area contributed by atoms with Gasteiger partial charge in [-0.1, -0.05) is 11.6 Å². The van der Waals surface area contributed by atoms with Gasteiger partial charge in [0.15, 0.2) is 0 Å². The van der Waals surface area contributed by atoms with E-state index in [1.165, 1.54) is 12.3 Å². The van der Waals surface area contributed by atoms with Crippen molar-refractivity contribution in [2.45, 2.75) is 0 Å². The molecular formula is C12H7BrClFN2O. The van der Waals surface area contributed by atoms with Crippen molar-refractivity contribution in [1.29, 1.82) is 0 Å². The maximum absolute atomic E-state index is 12.6. The van der Waals surface area contributed by atoms with Crippen LogP contribution in [0.25, 0.3) is 0 Å². The van der Waals surface area contributed by atoms with Crippen LogP contribution in [0, 0.1) is 5.95 Å². The number of hydrogen-bond acceptors (Lipinski definition) is 2. The van der Waals surface area contributed by atoms with Gasteiger partial charge in [-0.15, -0.1) is 0 Å². The van der Waals surface area contributed by atoms with E-state index in [0.717, 1.165) is 10.5 Å². The second kappa shape index (κ2) is 5.46. The average molecular weight is 330 g/mol. The highest BCUT2D eigenvalue weighted by atomic mass is 79.9. The molecule has 6 heteroatoms. The van der Waals surface area contributed by atoms with Crippen molar-refractivity contribution in [3.63, 3.8) is 0 Å². The lowest BCUT2D eigenvalue weighted by molar-refractivity contribution is 0.102. The number of carbonyl (C=O) groups is 1. The standard InChI is InChI=1S/C12H7BrClFN2O/c13-9-3-2-8(5-10(9)14)17-12(18)7-1-4-11(15)16-6-7/h1-6H,(H,17,18). The fourth-order valence-electron chi connectivity index (χ4n) is 1.29. The molecule has 2 aromatic rings. The normalized spacial score (nSPS) is 10.2. The highest BCUT2D eigenvalue weighted by molar-refractivity contribution is 9.10. The predicted molar refractivity (Wildman–Crippen MR) is 71.3 cm³/mol. The lowest BCUT2D eigenvalue weighted by Gasteiger charge is -2.06. The van der Waals surface area contributed by atoms with Crippen molar-refractivity contribution in [1.82, 2.24) is 4.98 Å². The molecule has 92 valence electrons. The average Bonchev–Trinajstić information content (AvgIpc) is 2.34. The number of nitrogens with zero attached hydrogens (tertiary/aromatic N) is 1. The number of benzene rings is 1. The summed E-state index contributed by atoms with van der Waals surface area (Å²) >= 11 is 9.16. The molecule has 3 nitrogen and oxygen atoms in total. The van der Waals surface area contributed by atoms with Crippen LogP contribution in [-0.4, -0.2) is 10.9 Å². The molecule has 0 unspecified atom stereocenters. The summed E-state index contributed by atoms with van der Waals surface area (Å²) in [5, 5.41) is 3.13. The van der Waals surface area contributed by atoms with Crippen LogP contribution in [-0.2, 0) is 0 Å². The van der Waals surface area contributed by atoms with E-state index in [9.17, 15) is 9.18 Å².